The summed E-state index contributed by atoms with van der Waals surface area (Å²) in [5, 5.41) is 24.0. The number of hydrogen-bond acceptors (Lipinski definition) is 4. The van der Waals surface area contributed by atoms with Crippen LogP contribution in [-0.4, -0.2) is 17.0 Å². The van der Waals surface area contributed by atoms with Gasteiger partial charge in [0.1, 0.15) is 11.6 Å². The lowest BCUT2D eigenvalue weighted by Gasteiger charge is -2.20. The lowest BCUT2D eigenvalue weighted by atomic mass is 9.89. The highest BCUT2D eigenvalue weighted by atomic mass is 16.4. The Morgan fingerprint density at radius 2 is 1.83 bits per heavy atom. The second kappa shape index (κ2) is 9.75. The molecule has 0 aliphatic heterocycles. The molecule has 1 aliphatic carbocycles. The average molecular weight is 403 g/mol. The standard InChI is InChI=1S/C24H25N3O3/c1-16(19-9-8-18-4-2-3-5-20(18)13-19)27-24(30)21(14-25)15-26-22-10-6-17(7-11-22)12-23(28)29/h6-11,13,15-16,26H,2-5,12H2,1H3,(H,27,30)(H,28,29)/b21-15-. The predicted octanol–water partition coefficient (Wildman–Crippen LogP) is 3.89. The van der Waals surface area contributed by atoms with Crippen molar-refractivity contribution in [3.63, 3.8) is 0 Å². The minimum Gasteiger partial charge on any atom is -0.481 e. The molecule has 3 N–H and O–H groups in total. The number of rotatable bonds is 7. The van der Waals surface area contributed by atoms with Crippen LogP contribution in [0.1, 0.15) is 48.1 Å². The Hall–Kier alpha value is -3.59. The predicted molar refractivity (Wildman–Crippen MR) is 115 cm³/mol. The molecular formula is C24H25N3O3. The van der Waals surface area contributed by atoms with Crippen molar-refractivity contribution >= 4 is 17.6 Å². The average Bonchev–Trinajstić information content (AvgIpc) is 2.74. The number of aliphatic carboxylic acids is 1. The van der Waals surface area contributed by atoms with Gasteiger partial charge < -0.3 is 15.7 Å². The summed E-state index contributed by atoms with van der Waals surface area (Å²) in [5.41, 5.74) is 5.07. The zero-order valence-corrected chi connectivity index (χ0v) is 16.9. The van der Waals surface area contributed by atoms with E-state index in [4.69, 9.17) is 5.11 Å². The quantitative estimate of drug-likeness (QED) is 0.481. The third-order valence-corrected chi connectivity index (χ3v) is 5.28. The molecular weight excluding hydrogens is 378 g/mol. The van der Waals surface area contributed by atoms with Crippen LogP contribution in [-0.2, 0) is 28.9 Å². The number of carboxylic acids is 1. The molecule has 6 nitrogen and oxygen atoms in total. The number of amides is 1. The maximum Gasteiger partial charge on any atom is 0.307 e. The maximum absolute atomic E-state index is 12.5. The number of nitriles is 1. The van der Waals surface area contributed by atoms with Crippen molar-refractivity contribution in [2.24, 2.45) is 0 Å². The van der Waals surface area contributed by atoms with Crippen LogP contribution in [0, 0.1) is 11.3 Å². The summed E-state index contributed by atoms with van der Waals surface area (Å²) in [6.45, 7) is 1.91. The Morgan fingerprint density at radius 1 is 1.13 bits per heavy atom. The summed E-state index contributed by atoms with van der Waals surface area (Å²) in [6, 6.07) is 14.8. The SMILES string of the molecule is CC(NC(=O)/C(C#N)=C\Nc1ccc(CC(=O)O)cc1)c1ccc2c(c1)CCCC2. The topological polar surface area (TPSA) is 102 Å². The number of carbonyl (C=O) groups is 2. The van der Waals surface area contributed by atoms with Crippen LogP contribution in [0.25, 0.3) is 0 Å². The number of nitrogens with zero attached hydrogens (tertiary/aromatic N) is 1. The van der Waals surface area contributed by atoms with E-state index in [1.165, 1.54) is 30.2 Å². The highest BCUT2D eigenvalue weighted by Crippen LogP contribution is 2.25. The number of hydrogen-bond donors (Lipinski definition) is 3. The van der Waals surface area contributed by atoms with Crippen LogP contribution in [0.5, 0.6) is 0 Å². The fraction of sp³-hybridized carbons (Fsp3) is 0.292. The molecule has 0 aromatic heterocycles. The van der Waals surface area contributed by atoms with Gasteiger partial charge in [0.2, 0.25) is 0 Å². The number of carbonyl (C=O) groups excluding carboxylic acids is 1. The number of fused-ring (bicyclic) bond motifs is 1. The minimum absolute atomic E-state index is 0.0329. The van der Waals surface area contributed by atoms with Crippen molar-refractivity contribution in [2.75, 3.05) is 5.32 Å². The molecule has 3 rings (SSSR count). The lowest BCUT2D eigenvalue weighted by molar-refractivity contribution is -0.136. The molecule has 1 atom stereocenters. The molecule has 30 heavy (non-hydrogen) atoms. The van der Waals surface area contributed by atoms with Gasteiger partial charge in [-0.1, -0.05) is 30.3 Å². The van der Waals surface area contributed by atoms with E-state index < -0.39 is 11.9 Å². The third kappa shape index (κ3) is 5.48. The first-order chi connectivity index (χ1) is 14.5. The molecule has 0 fully saturated rings. The Morgan fingerprint density at radius 3 is 2.50 bits per heavy atom. The summed E-state index contributed by atoms with van der Waals surface area (Å²) in [4.78, 5) is 23.3. The van der Waals surface area contributed by atoms with E-state index in [9.17, 15) is 14.9 Å². The monoisotopic (exact) mass is 403 g/mol. The molecule has 0 radical (unpaired) electrons. The molecule has 1 unspecified atom stereocenters. The lowest BCUT2D eigenvalue weighted by Crippen LogP contribution is -2.28. The Bertz CT molecular complexity index is 1000. The van der Waals surface area contributed by atoms with E-state index in [0.717, 1.165) is 18.4 Å². The van der Waals surface area contributed by atoms with Crippen LogP contribution in [0.15, 0.2) is 54.2 Å². The molecule has 2 aromatic carbocycles. The van der Waals surface area contributed by atoms with Gasteiger partial charge in [-0.3, -0.25) is 9.59 Å². The molecule has 6 heteroatoms. The van der Waals surface area contributed by atoms with Crippen molar-refractivity contribution in [3.8, 4) is 6.07 Å². The number of nitrogens with one attached hydrogen (secondary N) is 2. The molecule has 0 heterocycles. The largest absolute Gasteiger partial charge is 0.481 e. The molecule has 154 valence electrons. The van der Waals surface area contributed by atoms with Crippen molar-refractivity contribution in [3.05, 3.63) is 76.5 Å². The van der Waals surface area contributed by atoms with E-state index >= 15 is 0 Å². The van der Waals surface area contributed by atoms with E-state index in [2.05, 4.69) is 22.8 Å². The third-order valence-electron chi connectivity index (χ3n) is 5.28. The van der Waals surface area contributed by atoms with Gasteiger partial charge in [-0.15, -0.1) is 0 Å². The molecule has 0 saturated carbocycles. The number of aryl methyl sites for hydroxylation is 2. The number of anilines is 1. The molecule has 0 saturated heterocycles. The summed E-state index contributed by atoms with van der Waals surface area (Å²) < 4.78 is 0. The van der Waals surface area contributed by atoms with E-state index in [1.54, 1.807) is 24.3 Å². The summed E-state index contributed by atoms with van der Waals surface area (Å²) in [5.74, 6) is -1.34. The fourth-order valence-corrected chi connectivity index (χ4v) is 3.58. The van der Waals surface area contributed by atoms with Crippen molar-refractivity contribution in [2.45, 2.75) is 45.1 Å². The van der Waals surface area contributed by atoms with Gasteiger partial charge in [0.15, 0.2) is 0 Å². The minimum atomic E-state index is -0.896. The van der Waals surface area contributed by atoms with Crippen molar-refractivity contribution in [1.82, 2.24) is 5.32 Å². The normalized spacial score (nSPS) is 14.2. The van der Waals surface area contributed by atoms with E-state index in [0.29, 0.717) is 11.3 Å². The smallest absolute Gasteiger partial charge is 0.307 e. The van der Waals surface area contributed by atoms with Gasteiger partial charge in [0.05, 0.1) is 12.5 Å². The van der Waals surface area contributed by atoms with Gasteiger partial charge in [0.25, 0.3) is 5.91 Å². The molecule has 1 aliphatic rings. The Balaban J connectivity index is 1.62. The van der Waals surface area contributed by atoms with E-state index in [1.807, 2.05) is 19.1 Å². The maximum atomic E-state index is 12.5. The molecule has 1 amide bonds. The van der Waals surface area contributed by atoms with Gasteiger partial charge in [-0.05, 0) is 67.0 Å². The second-order valence-electron chi connectivity index (χ2n) is 7.51. The highest BCUT2D eigenvalue weighted by molar-refractivity contribution is 5.97. The second-order valence-corrected chi connectivity index (χ2v) is 7.51. The summed E-state index contributed by atoms with van der Waals surface area (Å²) in [7, 11) is 0. The number of benzene rings is 2. The van der Waals surface area contributed by atoms with Gasteiger partial charge in [-0.25, -0.2) is 0 Å². The first-order valence-electron chi connectivity index (χ1n) is 10.1. The van der Waals surface area contributed by atoms with Crippen molar-refractivity contribution in [1.29, 1.82) is 5.26 Å². The zero-order chi connectivity index (χ0) is 21.5. The van der Waals surface area contributed by atoms with Gasteiger partial charge in [-0.2, -0.15) is 5.26 Å². The van der Waals surface area contributed by atoms with Crippen LogP contribution >= 0.6 is 0 Å². The van der Waals surface area contributed by atoms with Crippen LogP contribution in [0.2, 0.25) is 0 Å². The van der Waals surface area contributed by atoms with Crippen LogP contribution in [0.4, 0.5) is 5.69 Å². The van der Waals surface area contributed by atoms with Crippen LogP contribution in [0.3, 0.4) is 0 Å². The molecule has 2 aromatic rings. The summed E-state index contributed by atoms with van der Waals surface area (Å²) in [6.07, 6.45) is 5.92. The number of carboxylic acid groups (broad SMARTS) is 1. The first kappa shape index (κ1) is 21.1. The summed E-state index contributed by atoms with van der Waals surface area (Å²) >= 11 is 0. The molecule has 0 bridgehead atoms. The fourth-order valence-electron chi connectivity index (χ4n) is 3.58. The van der Waals surface area contributed by atoms with Crippen LogP contribution < -0.4 is 10.6 Å². The van der Waals surface area contributed by atoms with Crippen molar-refractivity contribution < 1.29 is 14.7 Å². The first-order valence-corrected chi connectivity index (χ1v) is 10.1. The Kier molecular flexibility index (Phi) is 6.87. The Labute approximate surface area is 176 Å². The zero-order valence-electron chi connectivity index (χ0n) is 16.9. The highest BCUT2D eigenvalue weighted by Gasteiger charge is 2.16. The van der Waals surface area contributed by atoms with E-state index in [-0.39, 0.29) is 18.0 Å². The van der Waals surface area contributed by atoms with Gasteiger partial charge in [0, 0.05) is 11.9 Å². The molecule has 0 spiro atoms. The van der Waals surface area contributed by atoms with Gasteiger partial charge >= 0.3 is 5.97 Å².